The summed E-state index contributed by atoms with van der Waals surface area (Å²) in [5.74, 6) is -5.13. The largest absolute Gasteiger partial charge is 0.480 e. The molecule has 0 radical (unpaired) electrons. The number of carboxylic acids is 1. The minimum Gasteiger partial charge on any atom is -0.480 e. The third kappa shape index (κ3) is 2.88. The standard InChI is InChI=1S/C6H11F2NO4S/c1-3-6(2,4(10)11)9-14(12,13)5(7)8/h5,9H,3H2,1-2H3,(H,10,11). The van der Waals surface area contributed by atoms with Gasteiger partial charge in [0.2, 0.25) is 0 Å². The summed E-state index contributed by atoms with van der Waals surface area (Å²) in [5.41, 5.74) is -1.89. The predicted molar refractivity (Wildman–Crippen MR) is 44.4 cm³/mol. The quantitative estimate of drug-likeness (QED) is 0.716. The van der Waals surface area contributed by atoms with Crippen molar-refractivity contribution in [1.29, 1.82) is 0 Å². The molecule has 2 N–H and O–H groups in total. The molecule has 1 atom stereocenters. The van der Waals surface area contributed by atoms with Gasteiger partial charge < -0.3 is 5.11 Å². The Morgan fingerprint density at radius 3 is 2.21 bits per heavy atom. The Morgan fingerprint density at radius 2 is 2.00 bits per heavy atom. The number of halogens is 2. The van der Waals surface area contributed by atoms with Crippen molar-refractivity contribution in [3.63, 3.8) is 0 Å². The number of nitrogens with one attached hydrogen (secondary N) is 1. The number of carboxylic acid groups (broad SMARTS) is 1. The van der Waals surface area contributed by atoms with Crippen LogP contribution >= 0.6 is 0 Å². The van der Waals surface area contributed by atoms with Gasteiger partial charge in [0.15, 0.2) is 0 Å². The Morgan fingerprint density at radius 1 is 1.57 bits per heavy atom. The first-order valence-corrected chi connectivity index (χ1v) is 5.24. The molecule has 0 aromatic rings. The van der Waals surface area contributed by atoms with E-state index in [1.165, 1.54) is 11.6 Å². The van der Waals surface area contributed by atoms with E-state index < -0.39 is 27.3 Å². The number of hydrogen-bond acceptors (Lipinski definition) is 3. The van der Waals surface area contributed by atoms with Crippen LogP contribution in [0.25, 0.3) is 0 Å². The fourth-order valence-corrected chi connectivity index (χ4v) is 1.57. The fraction of sp³-hybridized carbons (Fsp3) is 0.833. The summed E-state index contributed by atoms with van der Waals surface area (Å²) >= 11 is 0. The second-order valence-electron chi connectivity index (χ2n) is 2.90. The van der Waals surface area contributed by atoms with E-state index in [9.17, 15) is 22.0 Å². The normalized spacial score (nSPS) is 16.6. The molecule has 0 saturated heterocycles. The lowest BCUT2D eigenvalue weighted by Gasteiger charge is -2.23. The number of aliphatic carboxylic acids is 1. The maximum atomic E-state index is 11.9. The molecule has 84 valence electrons. The Labute approximate surface area is 80.2 Å². The first kappa shape index (κ1) is 13.2. The van der Waals surface area contributed by atoms with E-state index in [0.717, 1.165) is 6.92 Å². The Kier molecular flexibility index (Phi) is 3.95. The van der Waals surface area contributed by atoms with Crippen LogP contribution in [-0.2, 0) is 14.8 Å². The van der Waals surface area contributed by atoms with Gasteiger partial charge in [-0.15, -0.1) is 0 Å². The van der Waals surface area contributed by atoms with Gasteiger partial charge in [-0.3, -0.25) is 4.79 Å². The van der Waals surface area contributed by atoms with Gasteiger partial charge in [-0.1, -0.05) is 6.92 Å². The van der Waals surface area contributed by atoms with Crippen molar-refractivity contribution in [2.45, 2.75) is 31.6 Å². The molecule has 0 saturated carbocycles. The van der Waals surface area contributed by atoms with Crippen molar-refractivity contribution in [1.82, 2.24) is 4.72 Å². The van der Waals surface area contributed by atoms with Gasteiger partial charge in [0.25, 0.3) is 10.0 Å². The molecule has 0 aliphatic rings. The molecule has 0 fully saturated rings. The zero-order valence-electron chi connectivity index (χ0n) is 7.62. The van der Waals surface area contributed by atoms with Crippen LogP contribution in [0, 0.1) is 0 Å². The average molecular weight is 231 g/mol. The van der Waals surface area contributed by atoms with Crippen LogP contribution in [-0.4, -0.2) is 30.8 Å². The zero-order chi connectivity index (χ0) is 11.6. The summed E-state index contributed by atoms with van der Waals surface area (Å²) in [5, 5.41) is 8.61. The lowest BCUT2D eigenvalue weighted by molar-refractivity contribution is -0.143. The summed E-state index contributed by atoms with van der Waals surface area (Å²) in [6, 6.07) is 0. The van der Waals surface area contributed by atoms with E-state index in [-0.39, 0.29) is 6.42 Å². The third-order valence-electron chi connectivity index (χ3n) is 1.78. The Bertz CT molecular complexity index is 316. The lowest BCUT2D eigenvalue weighted by Crippen LogP contribution is -2.53. The highest BCUT2D eigenvalue weighted by atomic mass is 32.2. The summed E-state index contributed by atoms with van der Waals surface area (Å²) in [4.78, 5) is 10.6. The van der Waals surface area contributed by atoms with Crippen molar-refractivity contribution >= 4 is 16.0 Å². The summed E-state index contributed by atoms with van der Waals surface area (Å²) in [7, 11) is -4.88. The van der Waals surface area contributed by atoms with Crippen LogP contribution in [0.5, 0.6) is 0 Å². The van der Waals surface area contributed by atoms with Gasteiger partial charge in [0, 0.05) is 0 Å². The number of alkyl halides is 2. The monoisotopic (exact) mass is 231 g/mol. The molecule has 14 heavy (non-hydrogen) atoms. The first-order valence-electron chi connectivity index (χ1n) is 3.70. The van der Waals surface area contributed by atoms with Crippen LogP contribution in [0.3, 0.4) is 0 Å². The molecule has 0 amide bonds. The zero-order valence-corrected chi connectivity index (χ0v) is 8.44. The molecule has 0 spiro atoms. The van der Waals surface area contributed by atoms with Crippen molar-refractivity contribution in [3.8, 4) is 0 Å². The molecular weight excluding hydrogens is 220 g/mol. The van der Waals surface area contributed by atoms with Gasteiger partial charge in [0.1, 0.15) is 5.54 Å². The molecule has 1 unspecified atom stereocenters. The molecular formula is C6H11F2NO4S. The highest BCUT2D eigenvalue weighted by molar-refractivity contribution is 7.89. The van der Waals surface area contributed by atoms with Gasteiger partial charge in [-0.2, -0.15) is 13.5 Å². The Hall–Kier alpha value is -0.760. The fourth-order valence-electron chi connectivity index (χ4n) is 0.626. The van der Waals surface area contributed by atoms with Gasteiger partial charge in [0.05, 0.1) is 0 Å². The number of carbonyl (C=O) groups is 1. The molecule has 0 rings (SSSR count). The maximum absolute atomic E-state index is 11.9. The van der Waals surface area contributed by atoms with Gasteiger partial charge >= 0.3 is 11.7 Å². The average Bonchev–Trinajstić information content (AvgIpc) is 2.02. The predicted octanol–water partition coefficient (Wildman–Crippen LogP) is 0.382. The molecule has 0 bridgehead atoms. The molecule has 0 heterocycles. The summed E-state index contributed by atoms with van der Waals surface area (Å²) in [6.07, 6.45) is -0.131. The van der Waals surface area contributed by atoms with Crippen LogP contribution < -0.4 is 4.72 Å². The van der Waals surface area contributed by atoms with Crippen molar-refractivity contribution in [2.24, 2.45) is 0 Å². The van der Waals surface area contributed by atoms with E-state index in [1.807, 2.05) is 0 Å². The number of rotatable bonds is 5. The molecule has 0 aliphatic heterocycles. The van der Waals surface area contributed by atoms with E-state index in [4.69, 9.17) is 5.11 Å². The molecule has 0 aromatic heterocycles. The maximum Gasteiger partial charge on any atom is 0.350 e. The number of sulfonamides is 1. The smallest absolute Gasteiger partial charge is 0.350 e. The molecule has 5 nitrogen and oxygen atoms in total. The molecule has 8 heteroatoms. The second-order valence-corrected chi connectivity index (χ2v) is 4.55. The lowest BCUT2D eigenvalue weighted by atomic mass is 10.0. The van der Waals surface area contributed by atoms with E-state index in [2.05, 4.69) is 0 Å². The minimum absolute atomic E-state index is 0.131. The van der Waals surface area contributed by atoms with Crippen molar-refractivity contribution in [3.05, 3.63) is 0 Å². The third-order valence-corrected chi connectivity index (χ3v) is 2.99. The second kappa shape index (κ2) is 4.18. The van der Waals surface area contributed by atoms with Gasteiger partial charge in [-0.05, 0) is 13.3 Å². The SMILES string of the molecule is CCC(C)(NS(=O)(=O)C(F)F)C(=O)O. The highest BCUT2D eigenvalue weighted by Crippen LogP contribution is 2.14. The minimum atomic E-state index is -4.88. The van der Waals surface area contributed by atoms with E-state index >= 15 is 0 Å². The molecule has 0 aliphatic carbocycles. The first-order chi connectivity index (χ1) is 6.15. The van der Waals surface area contributed by atoms with E-state index in [1.54, 1.807) is 0 Å². The van der Waals surface area contributed by atoms with Gasteiger partial charge in [-0.25, -0.2) is 8.42 Å². The van der Waals surface area contributed by atoms with Crippen LogP contribution in [0.2, 0.25) is 0 Å². The highest BCUT2D eigenvalue weighted by Gasteiger charge is 2.39. The van der Waals surface area contributed by atoms with E-state index in [0.29, 0.717) is 0 Å². The topological polar surface area (TPSA) is 83.5 Å². The number of hydrogen-bond donors (Lipinski definition) is 2. The Balaban J connectivity index is 4.90. The van der Waals surface area contributed by atoms with Crippen LogP contribution in [0.15, 0.2) is 0 Å². The van der Waals surface area contributed by atoms with Crippen LogP contribution in [0.4, 0.5) is 8.78 Å². The molecule has 0 aromatic carbocycles. The summed E-state index contributed by atoms with van der Waals surface area (Å²) < 4.78 is 46.6. The van der Waals surface area contributed by atoms with Crippen LogP contribution in [0.1, 0.15) is 20.3 Å². The van der Waals surface area contributed by atoms with Crippen molar-refractivity contribution < 1.29 is 27.1 Å². The summed E-state index contributed by atoms with van der Waals surface area (Å²) in [6.45, 7) is 2.40. The van der Waals surface area contributed by atoms with Crippen molar-refractivity contribution in [2.75, 3.05) is 0 Å².